The molecule has 1 aromatic heterocycles. The SMILES string of the molecule is CCC(NC(=O)OC(C)(C)C)C(=O)Nc1cc(C(C)(C)C)on1. The first kappa shape index (κ1) is 19.0. The molecule has 130 valence electrons. The molecule has 7 nitrogen and oxygen atoms in total. The maximum Gasteiger partial charge on any atom is 0.408 e. The third kappa shape index (κ3) is 6.30. The summed E-state index contributed by atoms with van der Waals surface area (Å²) in [5.74, 6) is 0.623. The molecule has 0 aliphatic rings. The van der Waals surface area contributed by atoms with Crippen molar-refractivity contribution in [3.8, 4) is 0 Å². The van der Waals surface area contributed by atoms with E-state index in [4.69, 9.17) is 9.26 Å². The number of rotatable bonds is 4. The molecule has 0 aliphatic heterocycles. The van der Waals surface area contributed by atoms with Crippen molar-refractivity contribution in [1.29, 1.82) is 0 Å². The van der Waals surface area contributed by atoms with Crippen molar-refractivity contribution in [3.63, 3.8) is 0 Å². The van der Waals surface area contributed by atoms with E-state index in [9.17, 15) is 9.59 Å². The highest BCUT2D eigenvalue weighted by molar-refractivity contribution is 5.95. The first-order valence-corrected chi connectivity index (χ1v) is 7.70. The number of alkyl carbamates (subject to hydrolysis) is 1. The van der Waals surface area contributed by atoms with Gasteiger partial charge < -0.3 is 19.9 Å². The minimum atomic E-state index is -0.709. The molecule has 1 unspecified atom stereocenters. The number of anilines is 1. The van der Waals surface area contributed by atoms with E-state index in [0.717, 1.165) is 0 Å². The number of nitrogens with zero attached hydrogens (tertiary/aromatic N) is 1. The van der Waals surface area contributed by atoms with Gasteiger partial charge in [0.05, 0.1) is 0 Å². The third-order valence-corrected chi connectivity index (χ3v) is 2.92. The Kier molecular flexibility index (Phi) is 5.80. The van der Waals surface area contributed by atoms with E-state index in [2.05, 4.69) is 15.8 Å². The van der Waals surface area contributed by atoms with Gasteiger partial charge in [0.15, 0.2) is 5.82 Å². The van der Waals surface area contributed by atoms with Crippen molar-refractivity contribution in [1.82, 2.24) is 10.5 Å². The summed E-state index contributed by atoms with van der Waals surface area (Å²) < 4.78 is 10.4. The summed E-state index contributed by atoms with van der Waals surface area (Å²) in [7, 11) is 0. The van der Waals surface area contributed by atoms with Crippen LogP contribution in [-0.2, 0) is 14.9 Å². The van der Waals surface area contributed by atoms with Crippen LogP contribution in [0, 0.1) is 0 Å². The predicted octanol–water partition coefficient (Wildman–Crippen LogP) is 3.21. The fraction of sp³-hybridized carbons (Fsp3) is 0.688. The second-order valence-electron chi connectivity index (χ2n) is 7.42. The van der Waals surface area contributed by atoms with Crippen molar-refractivity contribution in [2.75, 3.05) is 5.32 Å². The number of carbonyl (C=O) groups excluding carboxylic acids is 2. The van der Waals surface area contributed by atoms with Gasteiger partial charge in [-0.2, -0.15) is 0 Å². The number of amides is 2. The molecule has 7 heteroatoms. The van der Waals surface area contributed by atoms with Crippen LogP contribution in [-0.4, -0.2) is 28.8 Å². The third-order valence-electron chi connectivity index (χ3n) is 2.92. The van der Waals surface area contributed by atoms with Gasteiger partial charge in [0, 0.05) is 11.5 Å². The second kappa shape index (κ2) is 7.02. The number of ether oxygens (including phenoxy) is 1. The highest BCUT2D eigenvalue weighted by Gasteiger charge is 2.25. The molecule has 0 saturated carbocycles. The Morgan fingerprint density at radius 3 is 2.30 bits per heavy atom. The molecule has 0 bridgehead atoms. The lowest BCUT2D eigenvalue weighted by Crippen LogP contribution is -2.45. The van der Waals surface area contributed by atoms with E-state index < -0.39 is 17.7 Å². The van der Waals surface area contributed by atoms with Gasteiger partial charge >= 0.3 is 6.09 Å². The number of hydrogen-bond donors (Lipinski definition) is 2. The lowest BCUT2D eigenvalue weighted by molar-refractivity contribution is -0.118. The largest absolute Gasteiger partial charge is 0.444 e. The van der Waals surface area contributed by atoms with Crippen LogP contribution in [0.1, 0.15) is 60.6 Å². The Morgan fingerprint density at radius 1 is 1.26 bits per heavy atom. The minimum absolute atomic E-state index is 0.200. The Bertz CT molecular complexity index is 552. The van der Waals surface area contributed by atoms with Crippen molar-refractivity contribution in [3.05, 3.63) is 11.8 Å². The molecule has 1 aromatic rings. The number of hydrogen-bond acceptors (Lipinski definition) is 5. The van der Waals surface area contributed by atoms with Crippen molar-refractivity contribution in [2.24, 2.45) is 0 Å². The summed E-state index contributed by atoms with van der Waals surface area (Å²) in [5, 5.41) is 9.02. The molecule has 1 rings (SSSR count). The first-order chi connectivity index (χ1) is 10.4. The lowest BCUT2D eigenvalue weighted by Gasteiger charge is -2.22. The molecular formula is C16H27N3O4. The van der Waals surface area contributed by atoms with Crippen LogP contribution < -0.4 is 10.6 Å². The average molecular weight is 325 g/mol. The van der Waals surface area contributed by atoms with E-state index >= 15 is 0 Å². The van der Waals surface area contributed by atoms with Crippen molar-refractivity contribution >= 4 is 17.8 Å². The predicted molar refractivity (Wildman–Crippen MR) is 87.3 cm³/mol. The zero-order valence-electron chi connectivity index (χ0n) is 14.9. The molecule has 0 spiro atoms. The molecule has 0 fully saturated rings. The second-order valence-corrected chi connectivity index (χ2v) is 7.42. The van der Waals surface area contributed by atoms with E-state index in [-0.39, 0.29) is 11.3 Å². The van der Waals surface area contributed by atoms with Crippen molar-refractivity contribution < 1.29 is 18.8 Å². The van der Waals surface area contributed by atoms with Gasteiger partial charge in [0.25, 0.3) is 0 Å². The average Bonchev–Trinajstić information content (AvgIpc) is 2.81. The molecule has 0 aliphatic carbocycles. The van der Waals surface area contributed by atoms with E-state index in [0.29, 0.717) is 18.0 Å². The highest BCUT2D eigenvalue weighted by atomic mass is 16.6. The van der Waals surface area contributed by atoms with Gasteiger partial charge in [-0.15, -0.1) is 0 Å². The van der Waals surface area contributed by atoms with Crippen LogP contribution in [0.15, 0.2) is 10.6 Å². The fourth-order valence-electron chi connectivity index (χ4n) is 1.70. The van der Waals surface area contributed by atoms with Gasteiger partial charge in [-0.05, 0) is 27.2 Å². The topological polar surface area (TPSA) is 93.5 Å². The molecule has 0 radical (unpaired) electrons. The van der Waals surface area contributed by atoms with E-state index in [1.54, 1.807) is 33.8 Å². The van der Waals surface area contributed by atoms with Crippen LogP contribution in [0.5, 0.6) is 0 Å². The molecule has 2 N–H and O–H groups in total. The zero-order chi connectivity index (χ0) is 17.8. The molecule has 1 atom stereocenters. The highest BCUT2D eigenvalue weighted by Crippen LogP contribution is 2.24. The Labute approximate surface area is 137 Å². The minimum Gasteiger partial charge on any atom is -0.444 e. The van der Waals surface area contributed by atoms with Gasteiger partial charge in [0.1, 0.15) is 17.4 Å². The van der Waals surface area contributed by atoms with Gasteiger partial charge in [-0.1, -0.05) is 32.9 Å². The van der Waals surface area contributed by atoms with Gasteiger partial charge in [0.2, 0.25) is 5.91 Å². The standard InChI is InChI=1S/C16H27N3O4/c1-8-10(17-14(21)22-16(5,6)7)13(20)18-12-9-11(23-19-12)15(2,3)4/h9-10H,8H2,1-7H3,(H,17,21)(H,18,19,20). The van der Waals surface area contributed by atoms with Crippen molar-refractivity contribution in [2.45, 2.75) is 71.9 Å². The number of aromatic nitrogens is 1. The van der Waals surface area contributed by atoms with Crippen LogP contribution >= 0.6 is 0 Å². The quantitative estimate of drug-likeness (QED) is 0.886. The maximum absolute atomic E-state index is 12.2. The van der Waals surface area contributed by atoms with E-state index in [1.807, 2.05) is 20.8 Å². The molecule has 2 amide bonds. The van der Waals surface area contributed by atoms with Crippen LogP contribution in [0.25, 0.3) is 0 Å². The maximum atomic E-state index is 12.2. The number of nitrogens with one attached hydrogen (secondary N) is 2. The monoisotopic (exact) mass is 325 g/mol. The first-order valence-electron chi connectivity index (χ1n) is 7.70. The van der Waals surface area contributed by atoms with Crippen LogP contribution in [0.3, 0.4) is 0 Å². The summed E-state index contributed by atoms with van der Waals surface area (Å²) in [6.07, 6.45) is -0.204. The Morgan fingerprint density at radius 2 is 1.87 bits per heavy atom. The normalized spacial score (nSPS) is 13.3. The van der Waals surface area contributed by atoms with E-state index in [1.165, 1.54) is 0 Å². The molecule has 0 aromatic carbocycles. The smallest absolute Gasteiger partial charge is 0.408 e. The molecule has 1 heterocycles. The summed E-state index contributed by atoms with van der Waals surface area (Å²) in [6.45, 7) is 13.0. The summed E-state index contributed by atoms with van der Waals surface area (Å²) in [4.78, 5) is 24.0. The van der Waals surface area contributed by atoms with Gasteiger partial charge in [-0.3, -0.25) is 4.79 Å². The van der Waals surface area contributed by atoms with Crippen LogP contribution in [0.4, 0.5) is 10.6 Å². The number of carbonyl (C=O) groups is 2. The van der Waals surface area contributed by atoms with Gasteiger partial charge in [-0.25, -0.2) is 4.79 Å². The zero-order valence-corrected chi connectivity index (χ0v) is 14.9. The molecular weight excluding hydrogens is 298 g/mol. The molecule has 0 saturated heterocycles. The summed E-state index contributed by atoms with van der Waals surface area (Å²) in [5.41, 5.74) is -0.818. The summed E-state index contributed by atoms with van der Waals surface area (Å²) >= 11 is 0. The fourth-order valence-corrected chi connectivity index (χ4v) is 1.70. The van der Waals surface area contributed by atoms with Crippen LogP contribution in [0.2, 0.25) is 0 Å². The Balaban J connectivity index is 2.67. The lowest BCUT2D eigenvalue weighted by atomic mass is 9.93. The molecule has 23 heavy (non-hydrogen) atoms. The Hall–Kier alpha value is -2.05. The summed E-state index contributed by atoms with van der Waals surface area (Å²) in [6, 6.07) is 0.970.